The van der Waals surface area contributed by atoms with E-state index in [0.717, 1.165) is 38.5 Å². The van der Waals surface area contributed by atoms with Crippen LogP contribution in [0.4, 0.5) is 5.69 Å². The van der Waals surface area contributed by atoms with Gasteiger partial charge in [-0.3, -0.25) is 0 Å². The summed E-state index contributed by atoms with van der Waals surface area (Å²) >= 11 is 0. The minimum absolute atomic E-state index is 0.0374. The van der Waals surface area contributed by atoms with E-state index >= 15 is 0 Å². The Kier molecular flexibility index (Phi) is 4.48. The smallest absolute Gasteiger partial charge is 0.128 e. The normalized spacial score (nSPS) is 26.7. The van der Waals surface area contributed by atoms with Gasteiger partial charge in [0, 0.05) is 36.3 Å². The predicted octanol–water partition coefficient (Wildman–Crippen LogP) is 2.09. The van der Waals surface area contributed by atoms with E-state index in [1.165, 1.54) is 22.4 Å². The van der Waals surface area contributed by atoms with E-state index in [1.807, 2.05) is 0 Å². The van der Waals surface area contributed by atoms with Crippen LogP contribution >= 0.6 is 0 Å². The number of aliphatic hydroxyl groups excluding tert-OH is 1. The predicted molar refractivity (Wildman–Crippen MR) is 92.5 cm³/mol. The van der Waals surface area contributed by atoms with Gasteiger partial charge in [0.2, 0.25) is 0 Å². The highest BCUT2D eigenvalue weighted by Crippen LogP contribution is 2.44. The molecule has 3 aliphatic heterocycles. The standard InChI is InChI=1S/C19H25NO4/c1-2-13-11-23-18(10-21)16-12-24-17-9-14(3-4-15(17)19(13)16)20-5-7-22-8-6-20/h3-4,9,16,18,21H,2,5-8,10-12H2,1H3. The third-order valence-corrected chi connectivity index (χ3v) is 5.33. The summed E-state index contributed by atoms with van der Waals surface area (Å²) in [5, 5.41) is 9.63. The van der Waals surface area contributed by atoms with Gasteiger partial charge < -0.3 is 24.2 Å². The second kappa shape index (κ2) is 6.75. The Morgan fingerprint density at radius 2 is 2.08 bits per heavy atom. The Morgan fingerprint density at radius 3 is 2.83 bits per heavy atom. The molecule has 5 nitrogen and oxygen atoms in total. The first-order valence-electron chi connectivity index (χ1n) is 8.86. The van der Waals surface area contributed by atoms with E-state index in [4.69, 9.17) is 14.2 Å². The summed E-state index contributed by atoms with van der Waals surface area (Å²) in [6.07, 6.45) is 0.802. The van der Waals surface area contributed by atoms with Gasteiger partial charge in [0.25, 0.3) is 0 Å². The number of benzene rings is 1. The number of morpholine rings is 1. The second-order valence-corrected chi connectivity index (χ2v) is 6.60. The summed E-state index contributed by atoms with van der Waals surface area (Å²) in [7, 11) is 0. The lowest BCUT2D eigenvalue weighted by Gasteiger charge is -2.39. The van der Waals surface area contributed by atoms with Crippen LogP contribution in [-0.2, 0) is 9.47 Å². The number of aliphatic hydroxyl groups is 1. The minimum Gasteiger partial charge on any atom is -0.492 e. The summed E-state index contributed by atoms with van der Waals surface area (Å²) in [4.78, 5) is 2.34. The van der Waals surface area contributed by atoms with Gasteiger partial charge in [-0.15, -0.1) is 0 Å². The first-order valence-corrected chi connectivity index (χ1v) is 8.86. The van der Waals surface area contributed by atoms with Crippen LogP contribution in [-0.4, -0.2) is 57.3 Å². The topological polar surface area (TPSA) is 51.2 Å². The molecule has 1 aromatic rings. The number of fused-ring (bicyclic) bond motifs is 3. The van der Waals surface area contributed by atoms with Crippen molar-refractivity contribution in [3.63, 3.8) is 0 Å². The van der Waals surface area contributed by atoms with Crippen LogP contribution in [0, 0.1) is 5.92 Å². The van der Waals surface area contributed by atoms with E-state index in [-0.39, 0.29) is 18.6 Å². The van der Waals surface area contributed by atoms with Crippen LogP contribution < -0.4 is 9.64 Å². The van der Waals surface area contributed by atoms with E-state index in [9.17, 15) is 5.11 Å². The highest BCUT2D eigenvalue weighted by atomic mass is 16.5. The SMILES string of the molecule is CCC1=C2c3ccc(N4CCOCC4)cc3OCC2C(CO)OC1. The maximum Gasteiger partial charge on any atom is 0.128 e. The largest absolute Gasteiger partial charge is 0.492 e. The van der Waals surface area contributed by atoms with Gasteiger partial charge in [-0.05, 0) is 29.7 Å². The lowest BCUT2D eigenvalue weighted by Crippen LogP contribution is -2.40. The molecule has 0 bridgehead atoms. The van der Waals surface area contributed by atoms with E-state index in [1.54, 1.807) is 0 Å². The number of hydrogen-bond donors (Lipinski definition) is 1. The lowest BCUT2D eigenvalue weighted by molar-refractivity contribution is -0.0202. The molecule has 2 unspecified atom stereocenters. The van der Waals surface area contributed by atoms with Crippen molar-refractivity contribution in [3.8, 4) is 5.75 Å². The Bertz CT molecular complexity index is 636. The molecule has 0 aromatic heterocycles. The zero-order valence-electron chi connectivity index (χ0n) is 14.2. The van der Waals surface area contributed by atoms with Crippen LogP contribution in [0.2, 0.25) is 0 Å². The third-order valence-electron chi connectivity index (χ3n) is 5.33. The summed E-state index contributed by atoms with van der Waals surface area (Å²) in [6.45, 7) is 6.79. The first-order chi connectivity index (χ1) is 11.8. The molecule has 5 heteroatoms. The Labute approximate surface area is 142 Å². The quantitative estimate of drug-likeness (QED) is 0.919. The zero-order chi connectivity index (χ0) is 16.5. The van der Waals surface area contributed by atoms with Crippen molar-refractivity contribution >= 4 is 11.3 Å². The van der Waals surface area contributed by atoms with Gasteiger partial charge >= 0.3 is 0 Å². The molecule has 3 aliphatic rings. The summed E-state index contributed by atoms with van der Waals surface area (Å²) in [6, 6.07) is 6.51. The molecular weight excluding hydrogens is 306 g/mol. The number of anilines is 1. The fourth-order valence-corrected chi connectivity index (χ4v) is 3.95. The van der Waals surface area contributed by atoms with Gasteiger partial charge in [0.1, 0.15) is 5.75 Å². The monoisotopic (exact) mass is 331 g/mol. The van der Waals surface area contributed by atoms with Gasteiger partial charge in [0.15, 0.2) is 0 Å². The molecule has 0 aliphatic carbocycles. The van der Waals surface area contributed by atoms with E-state index in [2.05, 4.69) is 30.0 Å². The van der Waals surface area contributed by atoms with Gasteiger partial charge in [0.05, 0.1) is 39.1 Å². The van der Waals surface area contributed by atoms with Crippen molar-refractivity contribution in [1.29, 1.82) is 0 Å². The maximum absolute atomic E-state index is 9.63. The van der Waals surface area contributed by atoms with Crippen molar-refractivity contribution in [3.05, 3.63) is 29.3 Å². The second-order valence-electron chi connectivity index (χ2n) is 6.60. The van der Waals surface area contributed by atoms with Crippen molar-refractivity contribution in [2.45, 2.75) is 19.4 Å². The summed E-state index contributed by atoms with van der Waals surface area (Å²) in [5.41, 5.74) is 5.02. The zero-order valence-corrected chi connectivity index (χ0v) is 14.2. The van der Waals surface area contributed by atoms with Crippen molar-refractivity contribution in [2.75, 3.05) is 51.0 Å². The third kappa shape index (κ3) is 2.70. The molecule has 24 heavy (non-hydrogen) atoms. The Hall–Kier alpha value is -1.56. The van der Waals surface area contributed by atoms with E-state index in [0.29, 0.717) is 13.2 Å². The maximum atomic E-state index is 9.63. The van der Waals surface area contributed by atoms with Crippen LogP contribution in [0.1, 0.15) is 18.9 Å². The van der Waals surface area contributed by atoms with Gasteiger partial charge in [-0.25, -0.2) is 0 Å². The Morgan fingerprint density at radius 1 is 1.25 bits per heavy atom. The molecule has 2 atom stereocenters. The molecule has 1 fully saturated rings. The molecule has 0 saturated carbocycles. The van der Waals surface area contributed by atoms with Crippen molar-refractivity contribution in [1.82, 2.24) is 0 Å². The fourth-order valence-electron chi connectivity index (χ4n) is 3.95. The minimum atomic E-state index is -0.164. The van der Waals surface area contributed by atoms with Crippen LogP contribution in [0.15, 0.2) is 23.8 Å². The average Bonchev–Trinajstić information content (AvgIpc) is 2.67. The molecule has 0 spiro atoms. The average molecular weight is 331 g/mol. The molecule has 1 saturated heterocycles. The summed E-state index contributed by atoms with van der Waals surface area (Å²) in [5.74, 6) is 1.08. The molecule has 1 aromatic carbocycles. The van der Waals surface area contributed by atoms with Crippen LogP contribution in [0.5, 0.6) is 5.75 Å². The fraction of sp³-hybridized carbons (Fsp3) is 0.579. The lowest BCUT2D eigenvalue weighted by atomic mass is 9.81. The van der Waals surface area contributed by atoms with Gasteiger partial charge in [-0.2, -0.15) is 0 Å². The highest BCUT2D eigenvalue weighted by Gasteiger charge is 2.37. The number of nitrogens with zero attached hydrogens (tertiary/aromatic N) is 1. The van der Waals surface area contributed by atoms with Crippen molar-refractivity contribution < 1.29 is 19.3 Å². The summed E-state index contributed by atoms with van der Waals surface area (Å²) < 4.78 is 17.3. The molecule has 1 N–H and O–H groups in total. The molecule has 3 heterocycles. The Balaban J connectivity index is 1.70. The molecule has 0 amide bonds. The van der Waals surface area contributed by atoms with Crippen molar-refractivity contribution in [2.24, 2.45) is 5.92 Å². The molecule has 130 valence electrons. The highest BCUT2D eigenvalue weighted by molar-refractivity contribution is 5.79. The molecule has 4 rings (SSSR count). The first kappa shape index (κ1) is 15.9. The number of rotatable bonds is 3. The number of ether oxygens (including phenoxy) is 3. The van der Waals surface area contributed by atoms with Crippen LogP contribution in [0.3, 0.4) is 0 Å². The van der Waals surface area contributed by atoms with Crippen LogP contribution in [0.25, 0.3) is 5.57 Å². The molecular formula is C19H25NO4. The van der Waals surface area contributed by atoms with E-state index < -0.39 is 0 Å². The number of hydrogen-bond acceptors (Lipinski definition) is 5. The van der Waals surface area contributed by atoms with Gasteiger partial charge in [-0.1, -0.05) is 6.92 Å². The molecule has 0 radical (unpaired) electrons.